The van der Waals surface area contributed by atoms with Gasteiger partial charge in [-0.25, -0.2) is 4.98 Å². The number of amides is 3. The first kappa shape index (κ1) is 23.0. The number of piperidine rings is 1. The predicted molar refractivity (Wildman–Crippen MR) is 126 cm³/mol. The summed E-state index contributed by atoms with van der Waals surface area (Å²) >= 11 is 1.37. The Kier molecular flexibility index (Phi) is 7.12. The van der Waals surface area contributed by atoms with Crippen molar-refractivity contribution in [3.63, 3.8) is 0 Å². The number of methoxy groups -OCH3 is 1. The smallest absolute Gasteiger partial charge is 0.273 e. The number of carbonyl (C=O) groups is 3. The number of benzene rings is 1. The summed E-state index contributed by atoms with van der Waals surface area (Å²) in [5, 5.41) is 5.59. The monoisotopic (exact) mass is 471 g/mol. The standard InChI is InChI=1S/C23H29N5O4S/c1-16(29)26-10-12-27(13-11-26)21(30)17-4-3-9-28(14-17)22(31)20-15-33-23(25-20)24-18-5-7-19(32-2)8-6-18/h5-8,15,17H,3-4,9-14H2,1-2H3,(H,24,25)/t17-/m1/s1. The van der Waals surface area contributed by atoms with Crippen LogP contribution in [0, 0.1) is 5.92 Å². The molecule has 2 aliphatic rings. The third kappa shape index (κ3) is 5.44. The Balaban J connectivity index is 1.34. The molecule has 0 saturated carbocycles. The van der Waals surface area contributed by atoms with Crippen molar-refractivity contribution in [1.29, 1.82) is 0 Å². The number of hydrogen-bond donors (Lipinski definition) is 1. The molecule has 3 amide bonds. The zero-order valence-electron chi connectivity index (χ0n) is 19.0. The molecule has 3 heterocycles. The van der Waals surface area contributed by atoms with Crippen molar-refractivity contribution in [2.45, 2.75) is 19.8 Å². The maximum Gasteiger partial charge on any atom is 0.273 e. The fourth-order valence-electron chi connectivity index (χ4n) is 4.25. The molecule has 1 aromatic heterocycles. The Morgan fingerprint density at radius 3 is 2.39 bits per heavy atom. The van der Waals surface area contributed by atoms with Crippen molar-refractivity contribution >= 4 is 39.9 Å². The van der Waals surface area contributed by atoms with Gasteiger partial charge in [0.2, 0.25) is 11.8 Å². The van der Waals surface area contributed by atoms with Gasteiger partial charge >= 0.3 is 0 Å². The Labute approximate surface area is 197 Å². The average molecular weight is 472 g/mol. The molecule has 2 aliphatic heterocycles. The first-order valence-corrected chi connectivity index (χ1v) is 12.0. The van der Waals surface area contributed by atoms with Gasteiger partial charge in [-0.05, 0) is 37.1 Å². The minimum Gasteiger partial charge on any atom is -0.497 e. The SMILES string of the molecule is COc1ccc(Nc2nc(C(=O)N3CCC[C@@H](C(=O)N4CCN(C(C)=O)CC4)C3)cs2)cc1. The van der Waals surface area contributed by atoms with Gasteiger partial charge < -0.3 is 24.8 Å². The highest BCUT2D eigenvalue weighted by Crippen LogP contribution is 2.25. The molecule has 1 aromatic carbocycles. The van der Waals surface area contributed by atoms with Crippen LogP contribution in [-0.4, -0.2) is 83.8 Å². The second-order valence-corrected chi connectivity index (χ2v) is 9.17. The van der Waals surface area contributed by atoms with Gasteiger partial charge in [-0.15, -0.1) is 11.3 Å². The van der Waals surface area contributed by atoms with E-state index < -0.39 is 0 Å². The van der Waals surface area contributed by atoms with Crippen molar-refractivity contribution in [3.8, 4) is 5.75 Å². The van der Waals surface area contributed by atoms with Crippen LogP contribution in [0.1, 0.15) is 30.3 Å². The molecule has 2 aromatic rings. The number of nitrogens with zero attached hydrogens (tertiary/aromatic N) is 4. The van der Waals surface area contributed by atoms with E-state index in [9.17, 15) is 14.4 Å². The highest BCUT2D eigenvalue weighted by molar-refractivity contribution is 7.14. The molecule has 2 saturated heterocycles. The van der Waals surface area contributed by atoms with Crippen LogP contribution in [0.4, 0.5) is 10.8 Å². The van der Waals surface area contributed by atoms with Crippen LogP contribution in [0.15, 0.2) is 29.6 Å². The molecule has 2 fully saturated rings. The van der Waals surface area contributed by atoms with Gasteiger partial charge in [0.05, 0.1) is 13.0 Å². The normalized spacial score (nSPS) is 18.7. The van der Waals surface area contributed by atoms with Gasteiger partial charge in [0.1, 0.15) is 11.4 Å². The van der Waals surface area contributed by atoms with Crippen LogP contribution in [-0.2, 0) is 9.59 Å². The molecule has 10 heteroatoms. The number of likely N-dealkylation sites (tertiary alicyclic amines) is 1. The van der Waals surface area contributed by atoms with Gasteiger partial charge in [-0.1, -0.05) is 0 Å². The molecule has 1 atom stereocenters. The van der Waals surface area contributed by atoms with Crippen LogP contribution < -0.4 is 10.1 Å². The molecular weight excluding hydrogens is 442 g/mol. The van der Waals surface area contributed by atoms with E-state index >= 15 is 0 Å². The molecular formula is C23H29N5O4S. The first-order valence-electron chi connectivity index (χ1n) is 11.1. The topological polar surface area (TPSA) is 95.1 Å². The van der Waals surface area contributed by atoms with E-state index in [4.69, 9.17) is 4.74 Å². The summed E-state index contributed by atoms with van der Waals surface area (Å²) in [6.07, 6.45) is 1.56. The van der Waals surface area contributed by atoms with E-state index in [-0.39, 0.29) is 23.6 Å². The number of piperazine rings is 1. The molecule has 0 radical (unpaired) electrons. The van der Waals surface area contributed by atoms with Crippen molar-refractivity contribution in [2.75, 3.05) is 51.7 Å². The van der Waals surface area contributed by atoms with Gasteiger partial charge in [0.25, 0.3) is 5.91 Å². The lowest BCUT2D eigenvalue weighted by molar-refractivity contribution is -0.142. The fourth-order valence-corrected chi connectivity index (χ4v) is 4.96. The van der Waals surface area contributed by atoms with Crippen LogP contribution in [0.5, 0.6) is 5.75 Å². The largest absolute Gasteiger partial charge is 0.497 e. The zero-order valence-corrected chi connectivity index (χ0v) is 19.8. The summed E-state index contributed by atoms with van der Waals surface area (Å²) in [5.74, 6) is 0.539. The maximum atomic E-state index is 13.1. The van der Waals surface area contributed by atoms with Gasteiger partial charge in [0, 0.05) is 57.3 Å². The quantitative estimate of drug-likeness (QED) is 0.720. The van der Waals surface area contributed by atoms with E-state index in [2.05, 4.69) is 10.3 Å². The van der Waals surface area contributed by atoms with Crippen molar-refractivity contribution in [3.05, 3.63) is 35.3 Å². The molecule has 0 unspecified atom stereocenters. The fraction of sp³-hybridized carbons (Fsp3) is 0.478. The van der Waals surface area contributed by atoms with Crippen molar-refractivity contribution in [1.82, 2.24) is 19.7 Å². The molecule has 0 aliphatic carbocycles. The van der Waals surface area contributed by atoms with Crippen LogP contribution in [0.3, 0.4) is 0 Å². The summed E-state index contributed by atoms with van der Waals surface area (Å²) in [6, 6.07) is 7.48. The van der Waals surface area contributed by atoms with E-state index in [0.717, 1.165) is 24.3 Å². The Morgan fingerprint density at radius 2 is 1.73 bits per heavy atom. The molecule has 1 N–H and O–H groups in total. The Morgan fingerprint density at radius 1 is 1.03 bits per heavy atom. The number of anilines is 2. The molecule has 176 valence electrons. The number of rotatable bonds is 5. The molecule has 33 heavy (non-hydrogen) atoms. The van der Waals surface area contributed by atoms with Crippen LogP contribution in [0.2, 0.25) is 0 Å². The van der Waals surface area contributed by atoms with E-state index in [1.54, 1.807) is 29.2 Å². The number of thiazole rings is 1. The summed E-state index contributed by atoms with van der Waals surface area (Å²) in [7, 11) is 1.62. The number of nitrogens with one attached hydrogen (secondary N) is 1. The lowest BCUT2D eigenvalue weighted by atomic mass is 9.96. The highest BCUT2D eigenvalue weighted by Gasteiger charge is 2.33. The number of aromatic nitrogens is 1. The molecule has 4 rings (SSSR count). The zero-order chi connectivity index (χ0) is 23.4. The lowest BCUT2D eigenvalue weighted by Crippen LogP contribution is -2.53. The number of carbonyl (C=O) groups excluding carboxylic acids is 3. The van der Waals surface area contributed by atoms with Gasteiger partial charge in [0.15, 0.2) is 5.13 Å². The molecule has 0 spiro atoms. The van der Waals surface area contributed by atoms with E-state index in [0.29, 0.717) is 50.1 Å². The van der Waals surface area contributed by atoms with Crippen LogP contribution in [0.25, 0.3) is 0 Å². The second-order valence-electron chi connectivity index (χ2n) is 8.31. The summed E-state index contributed by atoms with van der Waals surface area (Å²) in [6.45, 7) is 4.82. The van der Waals surface area contributed by atoms with E-state index in [1.165, 1.54) is 11.3 Å². The first-order chi connectivity index (χ1) is 15.9. The Hall–Kier alpha value is -3.14. The van der Waals surface area contributed by atoms with Crippen LogP contribution >= 0.6 is 11.3 Å². The Bertz CT molecular complexity index is 1000. The summed E-state index contributed by atoms with van der Waals surface area (Å²) < 4.78 is 5.17. The second kappa shape index (κ2) is 10.2. The average Bonchev–Trinajstić information content (AvgIpc) is 3.32. The highest BCUT2D eigenvalue weighted by atomic mass is 32.1. The number of hydrogen-bond acceptors (Lipinski definition) is 7. The lowest BCUT2D eigenvalue weighted by Gasteiger charge is -2.38. The number of ether oxygens (including phenoxy) is 1. The summed E-state index contributed by atoms with van der Waals surface area (Å²) in [4.78, 5) is 47.4. The van der Waals surface area contributed by atoms with Crippen molar-refractivity contribution in [2.24, 2.45) is 5.92 Å². The predicted octanol–water partition coefficient (Wildman–Crippen LogP) is 2.44. The minimum absolute atomic E-state index is 0.0423. The summed E-state index contributed by atoms with van der Waals surface area (Å²) in [5.41, 5.74) is 1.25. The van der Waals surface area contributed by atoms with Gasteiger partial charge in [-0.3, -0.25) is 14.4 Å². The molecule has 0 bridgehead atoms. The maximum absolute atomic E-state index is 13.1. The third-order valence-electron chi connectivity index (χ3n) is 6.16. The minimum atomic E-state index is -0.206. The molecule has 9 nitrogen and oxygen atoms in total. The van der Waals surface area contributed by atoms with E-state index in [1.807, 2.05) is 29.2 Å². The third-order valence-corrected chi connectivity index (χ3v) is 6.92. The van der Waals surface area contributed by atoms with Crippen molar-refractivity contribution < 1.29 is 19.1 Å². The van der Waals surface area contributed by atoms with Gasteiger partial charge in [-0.2, -0.15) is 0 Å².